The lowest BCUT2D eigenvalue weighted by Gasteiger charge is -2.25. The predicted molar refractivity (Wildman–Crippen MR) is 101 cm³/mol. The zero-order valence-corrected chi connectivity index (χ0v) is 14.9. The van der Waals surface area contributed by atoms with Gasteiger partial charge in [-0.05, 0) is 29.8 Å². The van der Waals surface area contributed by atoms with E-state index in [1.165, 1.54) is 18.2 Å². The Morgan fingerprint density at radius 1 is 1.07 bits per heavy atom. The molecule has 1 fully saturated rings. The van der Waals surface area contributed by atoms with Crippen molar-refractivity contribution >= 4 is 23.9 Å². The number of barbiturate groups is 1. The first kappa shape index (κ1) is 19.0. The van der Waals surface area contributed by atoms with E-state index in [-0.39, 0.29) is 24.5 Å². The summed E-state index contributed by atoms with van der Waals surface area (Å²) in [6.07, 6.45) is 2.79. The molecule has 0 radical (unpaired) electrons. The Bertz CT molecular complexity index is 967. The average Bonchev–Trinajstić information content (AvgIpc) is 2.69. The highest BCUT2D eigenvalue weighted by Gasteiger charge is 2.34. The molecule has 0 saturated carbocycles. The number of benzene rings is 2. The van der Waals surface area contributed by atoms with Crippen LogP contribution in [-0.2, 0) is 16.2 Å². The standard InChI is InChI=1S/C21H17FN2O4/c1-2-11-24-20(26)17(19(25)23-21(24)27)12-14-7-9-16(10-8-14)28-13-15-5-3-4-6-18(15)22/h2-10,12H,1,11,13H2,(H,23,25,27)/b17-12-. The molecular formula is C21H17FN2O4. The molecule has 28 heavy (non-hydrogen) atoms. The molecular weight excluding hydrogens is 363 g/mol. The SMILES string of the molecule is C=CCN1C(=O)NC(=O)/C(=C/c2ccc(OCc3ccccc3F)cc2)C1=O. The highest BCUT2D eigenvalue weighted by atomic mass is 19.1. The zero-order valence-electron chi connectivity index (χ0n) is 14.9. The summed E-state index contributed by atoms with van der Waals surface area (Å²) in [5.74, 6) is -1.28. The number of nitrogens with zero attached hydrogens (tertiary/aromatic N) is 1. The molecule has 3 rings (SSSR count). The first-order valence-electron chi connectivity index (χ1n) is 8.45. The fourth-order valence-electron chi connectivity index (χ4n) is 2.59. The topological polar surface area (TPSA) is 75.7 Å². The Morgan fingerprint density at radius 3 is 2.46 bits per heavy atom. The number of hydrogen-bond acceptors (Lipinski definition) is 4. The van der Waals surface area contributed by atoms with E-state index in [2.05, 4.69) is 11.9 Å². The molecule has 142 valence electrons. The number of carbonyl (C=O) groups is 3. The minimum atomic E-state index is -0.774. The van der Waals surface area contributed by atoms with Gasteiger partial charge in [0, 0.05) is 12.1 Å². The van der Waals surface area contributed by atoms with Gasteiger partial charge in [0.15, 0.2) is 0 Å². The lowest BCUT2D eigenvalue weighted by molar-refractivity contribution is -0.129. The second-order valence-electron chi connectivity index (χ2n) is 5.97. The predicted octanol–water partition coefficient (Wildman–Crippen LogP) is 3.05. The monoisotopic (exact) mass is 380 g/mol. The van der Waals surface area contributed by atoms with Crippen molar-refractivity contribution in [2.24, 2.45) is 0 Å². The van der Waals surface area contributed by atoms with Gasteiger partial charge in [-0.25, -0.2) is 9.18 Å². The lowest BCUT2D eigenvalue weighted by Crippen LogP contribution is -2.54. The number of halogens is 1. The van der Waals surface area contributed by atoms with E-state index >= 15 is 0 Å². The number of hydrogen-bond donors (Lipinski definition) is 1. The number of ether oxygens (including phenoxy) is 1. The first-order chi connectivity index (χ1) is 13.5. The quantitative estimate of drug-likeness (QED) is 0.475. The summed E-state index contributed by atoms with van der Waals surface area (Å²) < 4.78 is 19.2. The van der Waals surface area contributed by atoms with Crippen molar-refractivity contribution in [1.29, 1.82) is 0 Å². The molecule has 1 aliphatic rings. The van der Waals surface area contributed by atoms with Gasteiger partial charge in [-0.15, -0.1) is 6.58 Å². The molecule has 1 heterocycles. The largest absolute Gasteiger partial charge is 0.489 e. The molecule has 1 N–H and O–H groups in total. The van der Waals surface area contributed by atoms with Crippen LogP contribution in [0.25, 0.3) is 6.08 Å². The van der Waals surface area contributed by atoms with Crippen LogP contribution in [0.4, 0.5) is 9.18 Å². The third-order valence-electron chi connectivity index (χ3n) is 4.04. The highest BCUT2D eigenvalue weighted by molar-refractivity contribution is 6.31. The van der Waals surface area contributed by atoms with E-state index in [9.17, 15) is 18.8 Å². The summed E-state index contributed by atoms with van der Waals surface area (Å²) in [5.41, 5.74) is 0.858. The van der Waals surface area contributed by atoms with Crippen LogP contribution >= 0.6 is 0 Å². The van der Waals surface area contributed by atoms with Gasteiger partial charge in [0.05, 0.1) is 0 Å². The zero-order chi connectivity index (χ0) is 20.1. The molecule has 0 spiro atoms. The fraction of sp³-hybridized carbons (Fsp3) is 0.0952. The van der Waals surface area contributed by atoms with E-state index in [1.807, 2.05) is 0 Å². The van der Waals surface area contributed by atoms with Gasteiger partial charge in [0.1, 0.15) is 23.7 Å². The molecule has 7 heteroatoms. The second kappa shape index (κ2) is 8.30. The molecule has 0 bridgehead atoms. The molecule has 1 saturated heterocycles. The molecule has 4 amide bonds. The van der Waals surface area contributed by atoms with E-state index in [0.29, 0.717) is 16.9 Å². The summed E-state index contributed by atoms with van der Waals surface area (Å²) in [6.45, 7) is 3.56. The van der Waals surface area contributed by atoms with E-state index in [4.69, 9.17) is 4.74 Å². The molecule has 2 aromatic rings. The van der Waals surface area contributed by atoms with Crippen LogP contribution in [0.2, 0.25) is 0 Å². The van der Waals surface area contributed by atoms with Gasteiger partial charge in [0.2, 0.25) is 0 Å². The summed E-state index contributed by atoms with van der Waals surface area (Å²) >= 11 is 0. The van der Waals surface area contributed by atoms with Gasteiger partial charge in [-0.3, -0.25) is 19.8 Å². The van der Waals surface area contributed by atoms with Crippen LogP contribution in [-0.4, -0.2) is 29.3 Å². The van der Waals surface area contributed by atoms with Crippen LogP contribution in [0.5, 0.6) is 5.75 Å². The minimum Gasteiger partial charge on any atom is -0.489 e. The van der Waals surface area contributed by atoms with Crippen LogP contribution < -0.4 is 10.1 Å². The summed E-state index contributed by atoms with van der Waals surface area (Å²) in [4.78, 5) is 37.0. The van der Waals surface area contributed by atoms with Gasteiger partial charge in [-0.2, -0.15) is 0 Å². The molecule has 0 aliphatic carbocycles. The molecule has 6 nitrogen and oxygen atoms in total. The van der Waals surface area contributed by atoms with Crippen molar-refractivity contribution in [2.75, 3.05) is 6.54 Å². The van der Waals surface area contributed by atoms with Crippen LogP contribution in [0.3, 0.4) is 0 Å². The van der Waals surface area contributed by atoms with E-state index in [0.717, 1.165) is 4.90 Å². The van der Waals surface area contributed by atoms with Crippen molar-refractivity contribution in [3.05, 3.63) is 83.7 Å². The Balaban J connectivity index is 1.73. The Labute approximate surface area is 160 Å². The maximum atomic E-state index is 13.6. The number of urea groups is 1. The number of amides is 4. The van der Waals surface area contributed by atoms with E-state index in [1.54, 1.807) is 42.5 Å². The smallest absolute Gasteiger partial charge is 0.331 e. The second-order valence-corrected chi connectivity index (χ2v) is 5.97. The lowest BCUT2D eigenvalue weighted by atomic mass is 10.1. The Morgan fingerprint density at radius 2 is 1.79 bits per heavy atom. The Hall–Kier alpha value is -3.74. The van der Waals surface area contributed by atoms with Crippen LogP contribution in [0.1, 0.15) is 11.1 Å². The van der Waals surface area contributed by atoms with Crippen molar-refractivity contribution in [2.45, 2.75) is 6.61 Å². The average molecular weight is 380 g/mol. The third kappa shape index (κ3) is 4.15. The highest BCUT2D eigenvalue weighted by Crippen LogP contribution is 2.19. The number of rotatable bonds is 6. The number of imide groups is 2. The van der Waals surface area contributed by atoms with Gasteiger partial charge in [-0.1, -0.05) is 36.4 Å². The molecule has 1 aliphatic heterocycles. The maximum absolute atomic E-state index is 13.6. The minimum absolute atomic E-state index is 0.00187. The van der Waals surface area contributed by atoms with Crippen molar-refractivity contribution in [1.82, 2.24) is 10.2 Å². The first-order valence-corrected chi connectivity index (χ1v) is 8.45. The van der Waals surface area contributed by atoms with Crippen molar-refractivity contribution in [3.8, 4) is 5.75 Å². The normalized spacial score (nSPS) is 15.5. The molecule has 0 atom stereocenters. The third-order valence-corrected chi connectivity index (χ3v) is 4.04. The van der Waals surface area contributed by atoms with Crippen molar-refractivity contribution < 1.29 is 23.5 Å². The molecule has 0 aromatic heterocycles. The maximum Gasteiger partial charge on any atom is 0.331 e. The van der Waals surface area contributed by atoms with Gasteiger partial charge >= 0.3 is 6.03 Å². The fourth-order valence-corrected chi connectivity index (χ4v) is 2.59. The number of carbonyl (C=O) groups excluding carboxylic acids is 3. The molecule has 2 aromatic carbocycles. The van der Waals surface area contributed by atoms with Crippen LogP contribution in [0.15, 0.2) is 66.8 Å². The summed E-state index contributed by atoms with van der Waals surface area (Å²) in [7, 11) is 0. The molecule has 0 unspecified atom stereocenters. The van der Waals surface area contributed by atoms with Gasteiger partial charge in [0.25, 0.3) is 11.8 Å². The summed E-state index contributed by atoms with van der Waals surface area (Å²) in [6, 6.07) is 12.1. The summed E-state index contributed by atoms with van der Waals surface area (Å²) in [5, 5.41) is 2.12. The van der Waals surface area contributed by atoms with Crippen molar-refractivity contribution in [3.63, 3.8) is 0 Å². The number of nitrogens with one attached hydrogen (secondary N) is 1. The van der Waals surface area contributed by atoms with E-state index < -0.39 is 17.8 Å². The Kier molecular flexibility index (Phi) is 5.64. The van der Waals surface area contributed by atoms with Crippen LogP contribution in [0, 0.1) is 5.82 Å². The van der Waals surface area contributed by atoms with Gasteiger partial charge < -0.3 is 4.74 Å².